The average Bonchev–Trinajstić information content (AvgIpc) is 3.50. The largest absolute Gasteiger partial charge is 0.480 e. The number of ether oxygens (including phenoxy) is 2. The number of aryl methyl sites for hydroxylation is 1. The molecule has 0 bridgehead atoms. The summed E-state index contributed by atoms with van der Waals surface area (Å²) >= 11 is 0.938. The van der Waals surface area contributed by atoms with Crippen molar-refractivity contribution in [1.82, 2.24) is 10.3 Å². The number of benzene rings is 3. The van der Waals surface area contributed by atoms with Gasteiger partial charge < -0.3 is 19.9 Å². The third-order valence-corrected chi connectivity index (χ3v) is 8.00. The van der Waals surface area contributed by atoms with Crippen molar-refractivity contribution in [2.45, 2.75) is 38.5 Å². The number of rotatable bonds is 10. The van der Waals surface area contributed by atoms with Crippen molar-refractivity contribution in [3.8, 4) is 11.1 Å². The van der Waals surface area contributed by atoms with Gasteiger partial charge in [-0.2, -0.15) is 0 Å². The molecule has 10 heteroatoms. The molecule has 1 aliphatic rings. The van der Waals surface area contributed by atoms with E-state index in [0.29, 0.717) is 5.69 Å². The smallest absolute Gasteiger partial charge is 0.413 e. The van der Waals surface area contributed by atoms with E-state index in [-0.39, 0.29) is 29.1 Å². The summed E-state index contributed by atoms with van der Waals surface area (Å²) in [6.07, 6.45) is -1.50. The van der Waals surface area contributed by atoms with Gasteiger partial charge in [-0.15, -0.1) is 0 Å². The van der Waals surface area contributed by atoms with Crippen LogP contribution in [-0.2, 0) is 20.9 Å². The number of carbonyl (C=O) groups excluding carboxylic acids is 2. The number of aromatic nitrogens is 1. The molecule has 0 fully saturated rings. The van der Waals surface area contributed by atoms with Crippen molar-refractivity contribution in [3.05, 3.63) is 106 Å². The molecule has 2 amide bonds. The standard InChI is InChI=1S/C31H29N3O6S/c1-18-27(28(35)33-26(29(36)37)19(2)39-16-20-10-4-3-5-11-20)41-30(32-18)34-31(38)40-17-25-23-14-8-6-12-21(23)22-13-7-9-15-24(22)25/h3-15,19,25-26H,16-17H2,1-2H3,(H,33,35)(H,36,37)(H,32,34,38). The zero-order valence-corrected chi connectivity index (χ0v) is 23.3. The maximum atomic E-state index is 13.0. The number of carboxylic acid groups (broad SMARTS) is 1. The summed E-state index contributed by atoms with van der Waals surface area (Å²) in [5.74, 6) is -1.94. The van der Waals surface area contributed by atoms with Crippen LogP contribution in [0.25, 0.3) is 11.1 Å². The fraction of sp³-hybridized carbons (Fsp3) is 0.226. The Morgan fingerprint density at radius 1 is 0.951 bits per heavy atom. The molecule has 210 valence electrons. The second-order valence-electron chi connectivity index (χ2n) is 9.68. The van der Waals surface area contributed by atoms with E-state index >= 15 is 0 Å². The van der Waals surface area contributed by atoms with Gasteiger partial charge in [-0.3, -0.25) is 10.1 Å². The SMILES string of the molecule is Cc1nc(NC(=O)OCC2c3ccccc3-c3ccccc32)sc1C(=O)NC(C(=O)O)C(C)OCc1ccccc1. The molecule has 0 aliphatic heterocycles. The molecule has 1 heterocycles. The first kappa shape index (κ1) is 28.0. The number of nitrogens with one attached hydrogen (secondary N) is 2. The normalized spacial score (nSPS) is 13.5. The van der Waals surface area contributed by atoms with E-state index in [0.717, 1.165) is 39.2 Å². The summed E-state index contributed by atoms with van der Waals surface area (Å²) in [6, 6.07) is 24.1. The minimum Gasteiger partial charge on any atom is -0.480 e. The first-order valence-corrected chi connectivity index (χ1v) is 13.9. The summed E-state index contributed by atoms with van der Waals surface area (Å²) < 4.78 is 11.3. The molecule has 3 N–H and O–H groups in total. The number of aliphatic carboxylic acids is 1. The highest BCUT2D eigenvalue weighted by Gasteiger charge is 2.31. The molecule has 41 heavy (non-hydrogen) atoms. The van der Waals surface area contributed by atoms with Gasteiger partial charge in [-0.05, 0) is 41.7 Å². The minimum absolute atomic E-state index is 0.0911. The molecule has 9 nitrogen and oxygen atoms in total. The lowest BCUT2D eigenvalue weighted by molar-refractivity contribution is -0.143. The Hall–Kier alpha value is -4.54. The van der Waals surface area contributed by atoms with Gasteiger partial charge in [-0.1, -0.05) is 90.2 Å². The molecule has 1 aromatic heterocycles. The number of thiazole rings is 1. The van der Waals surface area contributed by atoms with Crippen LogP contribution in [0.4, 0.5) is 9.93 Å². The maximum absolute atomic E-state index is 13.0. The summed E-state index contributed by atoms with van der Waals surface area (Å²) in [7, 11) is 0. The quantitative estimate of drug-likeness (QED) is 0.226. The van der Waals surface area contributed by atoms with Crippen LogP contribution in [-0.4, -0.2) is 46.8 Å². The zero-order valence-electron chi connectivity index (χ0n) is 22.5. The second-order valence-corrected chi connectivity index (χ2v) is 10.7. The molecule has 3 aromatic carbocycles. The number of carboxylic acids is 1. The van der Waals surface area contributed by atoms with Crippen molar-refractivity contribution in [1.29, 1.82) is 0 Å². The fourth-order valence-corrected chi connectivity index (χ4v) is 5.72. The molecule has 4 aromatic rings. The van der Waals surface area contributed by atoms with Crippen LogP contribution in [0.3, 0.4) is 0 Å². The molecule has 2 unspecified atom stereocenters. The molecule has 5 rings (SSSR count). The summed E-state index contributed by atoms with van der Waals surface area (Å²) in [6.45, 7) is 3.54. The molecular weight excluding hydrogens is 542 g/mol. The van der Waals surface area contributed by atoms with Crippen LogP contribution in [0.1, 0.15) is 44.9 Å². The minimum atomic E-state index is -1.29. The van der Waals surface area contributed by atoms with E-state index in [1.165, 1.54) is 0 Å². The molecule has 2 atom stereocenters. The predicted octanol–water partition coefficient (Wildman–Crippen LogP) is 5.60. The Kier molecular flexibility index (Phi) is 8.42. The number of hydrogen-bond acceptors (Lipinski definition) is 7. The van der Waals surface area contributed by atoms with Crippen molar-refractivity contribution >= 4 is 34.4 Å². The average molecular weight is 572 g/mol. The zero-order chi connectivity index (χ0) is 28.9. The lowest BCUT2D eigenvalue weighted by Gasteiger charge is -2.21. The Balaban J connectivity index is 1.19. The van der Waals surface area contributed by atoms with Crippen molar-refractivity contribution < 1.29 is 29.0 Å². The molecular formula is C31H29N3O6S. The number of nitrogens with zero attached hydrogens (tertiary/aromatic N) is 1. The summed E-state index contributed by atoms with van der Waals surface area (Å²) in [5, 5.41) is 15.0. The number of anilines is 1. The Morgan fingerprint density at radius 3 is 2.20 bits per heavy atom. The van der Waals surface area contributed by atoms with Gasteiger partial charge in [0, 0.05) is 5.92 Å². The van der Waals surface area contributed by atoms with E-state index in [1.807, 2.05) is 66.7 Å². The summed E-state index contributed by atoms with van der Waals surface area (Å²) in [5.41, 5.74) is 5.69. The molecule has 0 saturated carbocycles. The number of amides is 2. The highest BCUT2D eigenvalue weighted by molar-refractivity contribution is 7.17. The van der Waals surface area contributed by atoms with E-state index < -0.39 is 30.1 Å². The molecule has 0 spiro atoms. The number of fused-ring (bicyclic) bond motifs is 3. The van der Waals surface area contributed by atoms with Crippen molar-refractivity contribution in [3.63, 3.8) is 0 Å². The second kappa shape index (κ2) is 12.3. The first-order valence-electron chi connectivity index (χ1n) is 13.1. The van der Waals surface area contributed by atoms with Gasteiger partial charge in [0.25, 0.3) is 5.91 Å². The molecule has 1 aliphatic carbocycles. The van der Waals surface area contributed by atoms with Gasteiger partial charge in [-0.25, -0.2) is 14.6 Å². The maximum Gasteiger partial charge on any atom is 0.413 e. The van der Waals surface area contributed by atoms with Crippen LogP contribution in [0.15, 0.2) is 78.9 Å². The highest BCUT2D eigenvalue weighted by atomic mass is 32.1. The van der Waals surface area contributed by atoms with E-state index in [9.17, 15) is 19.5 Å². The van der Waals surface area contributed by atoms with Gasteiger partial charge >= 0.3 is 12.1 Å². The van der Waals surface area contributed by atoms with Gasteiger partial charge in [0.15, 0.2) is 11.2 Å². The Bertz CT molecular complexity index is 1530. The predicted molar refractivity (Wildman–Crippen MR) is 155 cm³/mol. The lowest BCUT2D eigenvalue weighted by Crippen LogP contribution is -2.48. The van der Waals surface area contributed by atoms with Crippen LogP contribution in [0.2, 0.25) is 0 Å². The lowest BCUT2D eigenvalue weighted by atomic mass is 9.98. The van der Waals surface area contributed by atoms with Crippen molar-refractivity contribution in [2.24, 2.45) is 0 Å². The fourth-order valence-electron chi connectivity index (χ4n) is 4.87. The molecule has 0 saturated heterocycles. The monoisotopic (exact) mass is 571 g/mol. The van der Waals surface area contributed by atoms with Crippen molar-refractivity contribution in [2.75, 3.05) is 11.9 Å². The van der Waals surface area contributed by atoms with Gasteiger partial charge in [0.1, 0.15) is 11.5 Å². The first-order chi connectivity index (χ1) is 19.8. The highest BCUT2D eigenvalue weighted by Crippen LogP contribution is 2.44. The van der Waals surface area contributed by atoms with Crippen LogP contribution >= 0.6 is 11.3 Å². The van der Waals surface area contributed by atoms with E-state index in [1.54, 1.807) is 13.8 Å². The van der Waals surface area contributed by atoms with E-state index in [4.69, 9.17) is 9.47 Å². The van der Waals surface area contributed by atoms with Gasteiger partial charge in [0.05, 0.1) is 18.4 Å². The Morgan fingerprint density at radius 2 is 1.56 bits per heavy atom. The number of hydrogen-bond donors (Lipinski definition) is 3. The van der Waals surface area contributed by atoms with Crippen LogP contribution in [0.5, 0.6) is 0 Å². The third-order valence-electron chi connectivity index (χ3n) is 6.93. The molecule has 0 radical (unpaired) electrons. The van der Waals surface area contributed by atoms with Gasteiger partial charge in [0.2, 0.25) is 0 Å². The van der Waals surface area contributed by atoms with Crippen LogP contribution in [0, 0.1) is 6.92 Å². The third kappa shape index (κ3) is 6.29. The summed E-state index contributed by atoms with van der Waals surface area (Å²) in [4.78, 5) is 42.0. The van der Waals surface area contributed by atoms with Crippen LogP contribution < -0.4 is 10.6 Å². The van der Waals surface area contributed by atoms with E-state index in [2.05, 4.69) is 27.8 Å². The number of carbonyl (C=O) groups is 3. The topological polar surface area (TPSA) is 127 Å². The Labute approximate surface area is 241 Å².